The third kappa shape index (κ3) is 41.4. The maximum Gasteiger partial charge on any atom is 0.126 e. The Hall–Kier alpha value is -8.05. The molecule has 0 aliphatic rings. The fraction of sp³-hybridized carbons (Fsp3) is 0.474. The molecule has 119 heavy (non-hydrogen) atoms. The Morgan fingerprint density at radius 1 is 0.210 bits per heavy atom. The second-order valence-electron chi connectivity index (χ2n) is 43.1. The van der Waals surface area contributed by atoms with Gasteiger partial charge in [-0.15, -0.1) is 0 Å². The third-order valence-corrected chi connectivity index (χ3v) is 21.1. The van der Waals surface area contributed by atoms with Crippen LogP contribution in [0.5, 0.6) is 11.5 Å². The maximum absolute atomic E-state index is 13.3. The van der Waals surface area contributed by atoms with Crippen molar-refractivity contribution in [2.45, 2.75) is 345 Å². The Balaban J connectivity index is 0.000000661. The van der Waals surface area contributed by atoms with Crippen LogP contribution in [0.2, 0.25) is 5.02 Å². The van der Waals surface area contributed by atoms with Gasteiger partial charge >= 0.3 is 0 Å². The number of benzene rings is 10. The SMILES string of the molecule is COc1cc(C(C)(C)C)ccc1C.COc1cc(C)cc(C(C)(C)C)c1.Cc1cc(C)cc(C(C)(C)C)c1.Cc1ccc(C(C)(C)C)cc1.Cc1ccc(C(C)(C)C)cc1C.Cc1ccc(C(C)(C)C)cc1Cl.Cc1ccc(C(C)(C)C)cc1F.Cc1ccc(F)c(C(C)(C)C)c1.Cc1cccc(C(C)(C)C)c1.Cc1ccccc1C(C)(C)C. The zero-order valence-electron chi connectivity index (χ0n) is 83.5. The quantitative estimate of drug-likeness (QED) is 0.172. The first-order valence-corrected chi connectivity index (χ1v) is 43.3. The van der Waals surface area contributed by atoms with Gasteiger partial charge in [0.15, 0.2) is 0 Å². The third-order valence-electron chi connectivity index (χ3n) is 20.6. The maximum atomic E-state index is 13.3. The van der Waals surface area contributed by atoms with E-state index < -0.39 is 0 Å². The minimum atomic E-state index is -0.109. The molecule has 0 heterocycles. The minimum Gasteiger partial charge on any atom is -0.497 e. The Labute approximate surface area is 735 Å². The summed E-state index contributed by atoms with van der Waals surface area (Å²) in [7, 11) is 3.43. The van der Waals surface area contributed by atoms with E-state index in [4.69, 9.17) is 21.1 Å². The van der Waals surface area contributed by atoms with E-state index in [1.165, 1.54) is 101 Å². The van der Waals surface area contributed by atoms with Crippen LogP contribution >= 0.6 is 11.6 Å². The van der Waals surface area contributed by atoms with Crippen LogP contribution in [0.3, 0.4) is 0 Å². The van der Waals surface area contributed by atoms with Crippen molar-refractivity contribution < 1.29 is 18.3 Å². The van der Waals surface area contributed by atoms with Crippen molar-refractivity contribution >= 4 is 11.6 Å². The van der Waals surface area contributed by atoms with E-state index in [0.29, 0.717) is 5.56 Å². The molecule has 0 saturated heterocycles. The monoisotopic (exact) mass is 1640 g/mol. The highest BCUT2D eigenvalue weighted by atomic mass is 35.5. The molecule has 654 valence electrons. The van der Waals surface area contributed by atoms with E-state index in [9.17, 15) is 8.78 Å². The summed E-state index contributed by atoms with van der Waals surface area (Å²) in [5, 5.41) is 0.863. The van der Waals surface area contributed by atoms with Crippen LogP contribution < -0.4 is 9.47 Å². The average Bonchev–Trinajstić information content (AvgIpc) is 0.844. The van der Waals surface area contributed by atoms with Crippen LogP contribution in [0, 0.1) is 94.7 Å². The van der Waals surface area contributed by atoms with E-state index in [-0.39, 0.29) is 65.8 Å². The Morgan fingerprint density at radius 3 is 0.933 bits per heavy atom. The molecule has 0 unspecified atom stereocenters. The van der Waals surface area contributed by atoms with E-state index in [2.05, 4.69) is 413 Å². The van der Waals surface area contributed by atoms with Crippen molar-refractivity contribution in [1.82, 2.24) is 0 Å². The first-order chi connectivity index (χ1) is 53.9. The van der Waals surface area contributed by atoms with Gasteiger partial charge in [-0.2, -0.15) is 0 Å². The number of rotatable bonds is 2. The molecule has 0 aliphatic heterocycles. The van der Waals surface area contributed by atoms with Gasteiger partial charge in [0.25, 0.3) is 0 Å². The molecule has 10 aromatic carbocycles. The largest absolute Gasteiger partial charge is 0.497 e. The number of aryl methyl sites for hydroxylation is 12. The average molecular weight is 1640 g/mol. The van der Waals surface area contributed by atoms with Gasteiger partial charge in [0.1, 0.15) is 23.1 Å². The molecule has 0 amide bonds. The number of halogens is 3. The molecule has 0 atom stereocenters. The molecule has 10 rings (SSSR count). The summed E-state index contributed by atoms with van der Waals surface area (Å²) in [4.78, 5) is 0. The summed E-state index contributed by atoms with van der Waals surface area (Å²) < 4.78 is 36.9. The zero-order chi connectivity index (χ0) is 92.3. The highest BCUT2D eigenvalue weighted by Crippen LogP contribution is 2.34. The van der Waals surface area contributed by atoms with Crippen LogP contribution in [0.25, 0.3) is 0 Å². The summed E-state index contributed by atoms with van der Waals surface area (Å²) in [5.41, 5.74) is 29.8. The van der Waals surface area contributed by atoms with Crippen molar-refractivity contribution in [1.29, 1.82) is 0 Å². The van der Waals surface area contributed by atoms with Crippen LogP contribution in [0.15, 0.2) is 200 Å². The van der Waals surface area contributed by atoms with E-state index in [1.54, 1.807) is 33.3 Å². The molecular formula is C114H165ClF2O2. The molecular weight excluding hydrogens is 1470 g/mol. The molecule has 5 heteroatoms. The van der Waals surface area contributed by atoms with Gasteiger partial charge < -0.3 is 9.47 Å². The molecule has 0 N–H and O–H groups in total. The van der Waals surface area contributed by atoms with Gasteiger partial charge in [-0.1, -0.05) is 411 Å². The molecule has 0 saturated carbocycles. The van der Waals surface area contributed by atoms with E-state index >= 15 is 0 Å². The molecule has 0 fully saturated rings. The summed E-state index contributed by atoms with van der Waals surface area (Å²) in [6, 6.07) is 69.2. The minimum absolute atomic E-state index is 0.0362. The summed E-state index contributed by atoms with van der Waals surface area (Å²) in [6.45, 7) is 90.7. The van der Waals surface area contributed by atoms with Gasteiger partial charge in [-0.25, -0.2) is 8.78 Å². The topological polar surface area (TPSA) is 18.5 Å². The molecule has 2 nitrogen and oxygen atoms in total. The fourth-order valence-corrected chi connectivity index (χ4v) is 12.3. The molecule has 0 aromatic heterocycles. The van der Waals surface area contributed by atoms with Gasteiger partial charge in [-0.05, 0) is 268 Å². The summed E-state index contributed by atoms with van der Waals surface area (Å²) in [6.07, 6.45) is 0. The predicted molar refractivity (Wildman–Crippen MR) is 526 cm³/mol. The first-order valence-electron chi connectivity index (χ1n) is 42.9. The molecule has 0 aliphatic carbocycles. The van der Waals surface area contributed by atoms with Crippen molar-refractivity contribution in [3.63, 3.8) is 0 Å². The van der Waals surface area contributed by atoms with Crippen LogP contribution in [0.4, 0.5) is 8.78 Å². The molecule has 0 radical (unpaired) electrons. The Kier molecular flexibility index (Phi) is 42.4. The van der Waals surface area contributed by atoms with E-state index in [0.717, 1.165) is 38.8 Å². The number of ether oxygens (including phenoxy) is 2. The van der Waals surface area contributed by atoms with Gasteiger partial charge in [0.2, 0.25) is 0 Å². The lowest BCUT2D eigenvalue weighted by atomic mass is 9.84. The fourth-order valence-electron chi connectivity index (χ4n) is 12.1. The van der Waals surface area contributed by atoms with Crippen LogP contribution in [0.1, 0.15) is 330 Å². The van der Waals surface area contributed by atoms with E-state index in [1.807, 2.05) is 52.8 Å². The lowest BCUT2D eigenvalue weighted by molar-refractivity contribution is 0.409. The van der Waals surface area contributed by atoms with Crippen molar-refractivity contribution in [2.75, 3.05) is 14.2 Å². The van der Waals surface area contributed by atoms with Crippen molar-refractivity contribution in [2.24, 2.45) is 0 Å². The first kappa shape index (κ1) is 109. The molecule has 0 spiro atoms. The summed E-state index contributed by atoms with van der Waals surface area (Å²) >= 11 is 6.02. The van der Waals surface area contributed by atoms with Gasteiger partial charge in [0.05, 0.1) is 14.2 Å². The van der Waals surface area contributed by atoms with Crippen molar-refractivity contribution in [3.05, 3.63) is 339 Å². The molecule has 0 bridgehead atoms. The standard InChI is InChI=1S/2C12H18O.2C12H18.C11H15Cl.2C11H15F.3C11H16/c1-9-6-10(12(2,3)4)8-11(7-9)13-5;1-9-6-7-10(12(2,3)4)8-11(9)13-5;1-9-6-10(2)8-11(7-9)12(3,4)5;1-9-6-7-11(8-10(9)2)12(3,4)5;2*1-8-5-6-9(7-10(8)12)11(2,3)4;1-8-5-6-10(12)9(7-8)11(2,3)4;1-9-5-7-10(8-6-9)11(2,3)4;1-9-6-5-7-10(8-9)11(2,3)4;1-9-7-5-6-8-10(9)11(2,3)4/h2*6-8H,1-5H3;2*6-8H,1-5H3;3*5-7H,1-4H3;3*5-8H,1-4H3. The Bertz CT molecular complexity index is 4530. The van der Waals surface area contributed by atoms with Crippen molar-refractivity contribution in [3.8, 4) is 11.5 Å². The van der Waals surface area contributed by atoms with Crippen LogP contribution in [-0.2, 0) is 54.1 Å². The van der Waals surface area contributed by atoms with Gasteiger partial charge in [0, 0.05) is 5.02 Å². The lowest BCUT2D eigenvalue weighted by Crippen LogP contribution is -2.13. The number of hydrogen-bond donors (Lipinski definition) is 0. The number of hydrogen-bond acceptors (Lipinski definition) is 2. The normalized spacial score (nSPS) is 11.7. The Morgan fingerprint density at radius 2 is 0.563 bits per heavy atom. The highest BCUT2D eigenvalue weighted by molar-refractivity contribution is 6.31. The smallest absolute Gasteiger partial charge is 0.126 e. The zero-order valence-corrected chi connectivity index (χ0v) is 84.3. The second kappa shape index (κ2) is 46.3. The van der Waals surface area contributed by atoms with Gasteiger partial charge in [-0.3, -0.25) is 0 Å². The highest BCUT2D eigenvalue weighted by Gasteiger charge is 2.22. The second-order valence-corrected chi connectivity index (χ2v) is 43.5. The summed E-state index contributed by atoms with van der Waals surface area (Å²) in [5.74, 6) is 1.72. The lowest BCUT2D eigenvalue weighted by Gasteiger charge is -2.21. The molecule has 10 aromatic rings. The predicted octanol–water partition coefficient (Wildman–Crippen LogP) is 34.5. The number of methoxy groups -OCH3 is 2. The van der Waals surface area contributed by atoms with Crippen LogP contribution in [-0.4, -0.2) is 14.2 Å².